The number of allylic oxidation sites excluding steroid dienone is 3. The molecule has 0 aromatic carbocycles. The molecule has 0 unspecified atom stereocenters. The first-order chi connectivity index (χ1) is 29.7. The standard InChI is InChI=1S/C47H68O16/c1-25-9-10-31-33(21-36(56-31)47(54)38(49)27(3)13-19-55-47)57-40(51)28(4)30-8-7-14-45(58-30)16-11-32(59-45)39(50)43(6)23-29(48)37(62-43)34-24-44(41(52)53)17-18-46(60-34,63-44)35-12-15-42(5,61-35)22-26(2)20-25/h9-10,20,26-28,30-39,49-50,54H,7-8,11-19,21-24H2,1-6H3,(H,52,53)/b10-9+,25-20+/t26-,27+,28+,30-,31+,32-,33+,34+,35+,36-,37+,38+,39-,42+,43+,44-,45-,46-,47+/m0/s1. The normalized spacial score (nSPS) is 54.2. The molecule has 0 aromatic heterocycles. The van der Waals surface area contributed by atoms with Crippen LogP contribution in [-0.2, 0) is 57.0 Å². The molecule has 63 heavy (non-hydrogen) atoms. The fourth-order valence-corrected chi connectivity index (χ4v) is 12.5. The number of rotatable bonds is 2. The Hall–Kier alpha value is -2.35. The smallest absolute Gasteiger partial charge is 0.336 e. The Bertz CT molecular complexity index is 1860. The summed E-state index contributed by atoms with van der Waals surface area (Å²) < 4.78 is 58.2. The topological polar surface area (TPSA) is 215 Å². The van der Waals surface area contributed by atoms with Crippen molar-refractivity contribution in [3.63, 3.8) is 0 Å². The number of esters is 1. The van der Waals surface area contributed by atoms with Gasteiger partial charge in [0.05, 0.1) is 36.4 Å². The third-order valence-corrected chi connectivity index (χ3v) is 16.0. The summed E-state index contributed by atoms with van der Waals surface area (Å²) in [6.07, 6.45) is 2.32. The van der Waals surface area contributed by atoms with Gasteiger partial charge in [-0.05, 0) is 90.9 Å². The summed E-state index contributed by atoms with van der Waals surface area (Å²) in [6, 6.07) is 0. The van der Waals surface area contributed by atoms with E-state index in [9.17, 15) is 34.8 Å². The minimum absolute atomic E-state index is 0.0310. The predicted octanol–water partition coefficient (Wildman–Crippen LogP) is 4.32. The molecule has 9 aliphatic rings. The molecule has 0 amide bonds. The summed E-state index contributed by atoms with van der Waals surface area (Å²) in [5, 5.41) is 45.4. The molecule has 10 bridgehead atoms. The second-order valence-corrected chi connectivity index (χ2v) is 21.1. The maximum Gasteiger partial charge on any atom is 0.336 e. The van der Waals surface area contributed by atoms with Crippen LogP contribution in [0.1, 0.15) is 131 Å². The third kappa shape index (κ3) is 8.18. The van der Waals surface area contributed by atoms with Crippen molar-refractivity contribution >= 4 is 17.7 Å². The molecule has 16 nitrogen and oxygen atoms in total. The highest BCUT2D eigenvalue weighted by Gasteiger charge is 2.68. The summed E-state index contributed by atoms with van der Waals surface area (Å²) in [7, 11) is 0. The largest absolute Gasteiger partial charge is 0.479 e. The number of ketones is 1. The monoisotopic (exact) mass is 888 g/mol. The van der Waals surface area contributed by atoms with Crippen LogP contribution in [0.5, 0.6) is 0 Å². The van der Waals surface area contributed by atoms with Crippen molar-refractivity contribution in [3.8, 4) is 0 Å². The third-order valence-electron chi connectivity index (χ3n) is 16.0. The van der Waals surface area contributed by atoms with Crippen LogP contribution in [-0.4, -0.2) is 140 Å². The Kier molecular flexibility index (Phi) is 12.0. The zero-order valence-corrected chi connectivity index (χ0v) is 37.5. The highest BCUT2D eigenvalue weighted by molar-refractivity contribution is 5.87. The summed E-state index contributed by atoms with van der Waals surface area (Å²) in [5.74, 6) is -7.29. The van der Waals surface area contributed by atoms with E-state index in [1.54, 1.807) is 13.8 Å². The Labute approximate surface area is 369 Å². The van der Waals surface area contributed by atoms with Crippen LogP contribution in [0.25, 0.3) is 0 Å². The van der Waals surface area contributed by atoms with Gasteiger partial charge in [0.1, 0.15) is 48.3 Å². The SMILES string of the molecule is CC1=C\[C@H](C)C[C@@]2(C)CC[C@@H](O2)[C@@]23CC[C@@](C(=O)O)(C[C@@H](O2)[C@@H]2O[C@](C)(CC2=O)[C@@H](O)[C@@H]2CC[C@]4(CCC[C@H](O4)[C@@H](C)C(=O)O[C@@H]4C[C@@H]([C@@]5(O)OCC[C@@H](C)[C@H]5O)O[C@@H]4\C=C\1)O2)O3. The van der Waals surface area contributed by atoms with Crippen molar-refractivity contribution in [3.05, 3.63) is 23.8 Å². The van der Waals surface area contributed by atoms with Gasteiger partial charge in [-0.1, -0.05) is 37.6 Å². The molecular weight excluding hydrogens is 821 g/mol. The van der Waals surface area contributed by atoms with E-state index in [0.29, 0.717) is 57.8 Å². The van der Waals surface area contributed by atoms with Gasteiger partial charge < -0.3 is 63.1 Å². The lowest BCUT2D eigenvalue weighted by Gasteiger charge is -2.46. The maximum absolute atomic E-state index is 14.1. The van der Waals surface area contributed by atoms with E-state index >= 15 is 0 Å². The fraction of sp³-hybridized carbons (Fsp3) is 0.851. The van der Waals surface area contributed by atoms with Gasteiger partial charge in [-0.25, -0.2) is 4.79 Å². The zero-order chi connectivity index (χ0) is 44.9. The molecule has 9 heterocycles. The van der Waals surface area contributed by atoms with Gasteiger partial charge in [-0.15, -0.1) is 0 Å². The molecule has 352 valence electrons. The van der Waals surface area contributed by atoms with Crippen LogP contribution < -0.4 is 0 Å². The number of aliphatic carboxylic acids is 1. The number of carbonyl (C=O) groups excluding carboxylic acids is 2. The number of fused-ring (bicyclic) bond motifs is 10. The second-order valence-electron chi connectivity index (χ2n) is 21.1. The lowest BCUT2D eigenvalue weighted by Crippen LogP contribution is -2.60. The van der Waals surface area contributed by atoms with Crippen LogP contribution in [0, 0.1) is 17.8 Å². The number of carbonyl (C=O) groups is 3. The van der Waals surface area contributed by atoms with Crippen LogP contribution in [0.2, 0.25) is 0 Å². The number of carboxylic acids is 1. The minimum Gasteiger partial charge on any atom is -0.479 e. The van der Waals surface area contributed by atoms with Crippen molar-refractivity contribution in [2.24, 2.45) is 17.8 Å². The van der Waals surface area contributed by atoms with Crippen LogP contribution in [0.3, 0.4) is 0 Å². The van der Waals surface area contributed by atoms with Crippen molar-refractivity contribution in [2.75, 3.05) is 6.61 Å². The first kappa shape index (κ1) is 45.8. The van der Waals surface area contributed by atoms with Crippen LogP contribution in [0.15, 0.2) is 23.8 Å². The predicted molar refractivity (Wildman–Crippen MR) is 220 cm³/mol. The van der Waals surface area contributed by atoms with Gasteiger partial charge in [0.25, 0.3) is 0 Å². The van der Waals surface area contributed by atoms with Gasteiger partial charge in [0.2, 0.25) is 5.79 Å². The summed E-state index contributed by atoms with van der Waals surface area (Å²) >= 11 is 0. The number of hydrogen-bond acceptors (Lipinski definition) is 15. The van der Waals surface area contributed by atoms with Crippen LogP contribution >= 0.6 is 0 Å². The molecule has 0 saturated carbocycles. The molecule has 0 aromatic rings. The van der Waals surface area contributed by atoms with Crippen molar-refractivity contribution in [2.45, 2.75) is 227 Å². The number of Topliss-reactive ketones (excluding diaryl/α,β-unsaturated/α-hetero) is 1. The highest BCUT2D eigenvalue weighted by atomic mass is 16.8. The van der Waals surface area contributed by atoms with Crippen LogP contribution in [0.4, 0.5) is 0 Å². The number of ether oxygens (including phenoxy) is 9. The van der Waals surface area contributed by atoms with E-state index < -0.39 is 113 Å². The van der Waals surface area contributed by atoms with E-state index in [-0.39, 0.29) is 56.3 Å². The molecule has 16 heteroatoms. The van der Waals surface area contributed by atoms with Crippen molar-refractivity contribution < 1.29 is 77.4 Å². The lowest BCUT2D eigenvalue weighted by molar-refractivity contribution is -0.358. The quantitative estimate of drug-likeness (QED) is 0.284. The van der Waals surface area contributed by atoms with E-state index in [2.05, 4.69) is 13.0 Å². The Morgan fingerprint density at radius 2 is 1.59 bits per heavy atom. The molecule has 19 atom stereocenters. The number of carboxylic acid groups (broad SMARTS) is 1. The summed E-state index contributed by atoms with van der Waals surface area (Å²) in [6.45, 7) is 11.6. The van der Waals surface area contributed by atoms with Gasteiger partial charge >= 0.3 is 11.9 Å². The molecule has 9 aliphatic heterocycles. The number of aliphatic hydroxyl groups is 3. The van der Waals surface area contributed by atoms with Gasteiger partial charge in [-0.3, -0.25) is 9.59 Å². The molecule has 8 saturated heterocycles. The summed E-state index contributed by atoms with van der Waals surface area (Å²) in [5.41, 5.74) is -2.63. The Balaban J connectivity index is 1.01. The second kappa shape index (κ2) is 16.5. The maximum atomic E-state index is 14.1. The molecule has 4 N–H and O–H groups in total. The molecule has 9 rings (SSSR count). The summed E-state index contributed by atoms with van der Waals surface area (Å²) in [4.78, 5) is 40.9. The average molecular weight is 889 g/mol. The van der Waals surface area contributed by atoms with E-state index in [0.717, 1.165) is 5.57 Å². The fourth-order valence-electron chi connectivity index (χ4n) is 12.5. The van der Waals surface area contributed by atoms with E-state index in [1.807, 2.05) is 32.9 Å². The first-order valence-electron chi connectivity index (χ1n) is 23.5. The van der Waals surface area contributed by atoms with Gasteiger partial charge in [-0.2, -0.15) is 0 Å². The Morgan fingerprint density at radius 3 is 2.37 bits per heavy atom. The number of aliphatic hydroxyl groups excluding tert-OH is 2. The Morgan fingerprint density at radius 1 is 0.810 bits per heavy atom. The average Bonchev–Trinajstić information content (AvgIpc) is 4.06. The zero-order valence-electron chi connectivity index (χ0n) is 37.5. The molecule has 0 radical (unpaired) electrons. The van der Waals surface area contributed by atoms with Gasteiger partial charge in [0.15, 0.2) is 23.0 Å². The molecule has 8 fully saturated rings. The number of hydrogen-bond donors (Lipinski definition) is 4. The lowest BCUT2D eigenvalue weighted by atomic mass is 9.87. The molecule has 0 aliphatic carbocycles. The van der Waals surface area contributed by atoms with E-state index in [4.69, 9.17) is 42.6 Å². The first-order valence-corrected chi connectivity index (χ1v) is 23.5. The van der Waals surface area contributed by atoms with E-state index in [1.165, 1.54) is 0 Å². The minimum atomic E-state index is -1.99. The molecular formula is C47H68O16. The van der Waals surface area contributed by atoms with Gasteiger partial charge in [0, 0.05) is 38.5 Å². The molecule has 2 spiro atoms. The van der Waals surface area contributed by atoms with Crippen molar-refractivity contribution in [1.29, 1.82) is 0 Å². The highest BCUT2D eigenvalue weighted by Crippen LogP contribution is 2.55. The van der Waals surface area contributed by atoms with Crippen molar-refractivity contribution in [1.82, 2.24) is 0 Å².